The highest BCUT2D eigenvalue weighted by Gasteiger charge is 2.49. The first-order valence-electron chi connectivity index (χ1n) is 4.62. The van der Waals surface area contributed by atoms with E-state index < -0.39 is 0 Å². The highest BCUT2D eigenvalue weighted by atomic mass is 14.8. The largest absolute Gasteiger partial charge is 0.327 e. The van der Waals surface area contributed by atoms with Crippen LogP contribution in [0, 0.1) is 17.3 Å². The lowest BCUT2D eigenvalue weighted by atomic mass is 9.72. The van der Waals surface area contributed by atoms with E-state index in [0.29, 0.717) is 17.4 Å². The van der Waals surface area contributed by atoms with E-state index in [2.05, 4.69) is 26.0 Å². The van der Waals surface area contributed by atoms with Gasteiger partial charge in [-0.05, 0) is 30.1 Å². The Bertz CT molecular complexity index is 197. The summed E-state index contributed by atoms with van der Waals surface area (Å²) in [5.74, 6) is 1.46. The molecule has 0 aromatic carbocycles. The molecule has 0 aromatic heterocycles. The maximum Gasteiger partial charge on any atom is 0.0162 e. The van der Waals surface area contributed by atoms with Crippen LogP contribution in [0.3, 0.4) is 0 Å². The van der Waals surface area contributed by atoms with Gasteiger partial charge < -0.3 is 5.73 Å². The standard InChI is InChI=1S/C10H17N/c1-3-10(2)8-5-4-7(6-8)9(10)11/h4-5,7-9H,3,6,11H2,1-2H3/t7-,8+,9-,10+/m1/s1. The van der Waals surface area contributed by atoms with Crippen molar-refractivity contribution < 1.29 is 0 Å². The molecule has 0 heterocycles. The average Bonchev–Trinajstić information content (AvgIpc) is 2.56. The predicted molar refractivity (Wildman–Crippen MR) is 47.1 cm³/mol. The quantitative estimate of drug-likeness (QED) is 0.569. The Hall–Kier alpha value is -0.300. The van der Waals surface area contributed by atoms with Gasteiger partial charge in [0.25, 0.3) is 0 Å². The molecule has 2 bridgehead atoms. The van der Waals surface area contributed by atoms with Crippen LogP contribution >= 0.6 is 0 Å². The third kappa shape index (κ3) is 0.750. The van der Waals surface area contributed by atoms with E-state index in [1.807, 2.05) is 0 Å². The van der Waals surface area contributed by atoms with E-state index in [1.165, 1.54) is 12.8 Å². The second kappa shape index (κ2) is 2.10. The Balaban J connectivity index is 2.31. The molecule has 1 fully saturated rings. The first kappa shape index (κ1) is 7.35. The minimum absolute atomic E-state index is 0.402. The van der Waals surface area contributed by atoms with Crippen molar-refractivity contribution in [3.05, 3.63) is 12.2 Å². The molecule has 0 aliphatic heterocycles. The molecular formula is C10H17N. The van der Waals surface area contributed by atoms with Gasteiger partial charge >= 0.3 is 0 Å². The summed E-state index contributed by atoms with van der Waals surface area (Å²) in [4.78, 5) is 0. The van der Waals surface area contributed by atoms with E-state index in [0.717, 1.165) is 5.92 Å². The van der Waals surface area contributed by atoms with Crippen molar-refractivity contribution in [2.45, 2.75) is 32.7 Å². The third-order valence-electron chi connectivity index (χ3n) is 3.95. The van der Waals surface area contributed by atoms with Crippen molar-refractivity contribution >= 4 is 0 Å². The van der Waals surface area contributed by atoms with Gasteiger partial charge in [-0.25, -0.2) is 0 Å². The van der Waals surface area contributed by atoms with Crippen LogP contribution in [-0.2, 0) is 0 Å². The molecule has 0 spiro atoms. The van der Waals surface area contributed by atoms with Gasteiger partial charge in [-0.3, -0.25) is 0 Å². The lowest BCUT2D eigenvalue weighted by Crippen LogP contribution is -2.42. The van der Waals surface area contributed by atoms with Crippen LogP contribution in [0.1, 0.15) is 26.7 Å². The van der Waals surface area contributed by atoms with Gasteiger partial charge in [-0.15, -0.1) is 0 Å². The monoisotopic (exact) mass is 151 g/mol. The summed E-state index contributed by atoms with van der Waals surface area (Å²) < 4.78 is 0. The molecule has 2 rings (SSSR count). The first-order valence-corrected chi connectivity index (χ1v) is 4.62. The first-order chi connectivity index (χ1) is 5.18. The van der Waals surface area contributed by atoms with Crippen LogP contribution in [0.5, 0.6) is 0 Å². The molecular weight excluding hydrogens is 134 g/mol. The Kier molecular flexibility index (Phi) is 1.40. The number of hydrogen-bond donors (Lipinski definition) is 1. The van der Waals surface area contributed by atoms with Crippen LogP contribution in [0.15, 0.2) is 12.2 Å². The van der Waals surface area contributed by atoms with Crippen LogP contribution in [0.25, 0.3) is 0 Å². The zero-order valence-electron chi connectivity index (χ0n) is 7.38. The van der Waals surface area contributed by atoms with Crippen molar-refractivity contribution in [1.82, 2.24) is 0 Å². The lowest BCUT2D eigenvalue weighted by molar-refractivity contribution is 0.215. The fourth-order valence-electron chi connectivity index (χ4n) is 2.72. The summed E-state index contributed by atoms with van der Waals surface area (Å²) in [6.45, 7) is 4.60. The second-order valence-electron chi connectivity index (χ2n) is 4.28. The van der Waals surface area contributed by atoms with Gasteiger partial charge in [0.2, 0.25) is 0 Å². The zero-order chi connectivity index (χ0) is 8.06. The molecule has 0 amide bonds. The van der Waals surface area contributed by atoms with Gasteiger partial charge in [-0.2, -0.15) is 0 Å². The molecule has 1 nitrogen and oxygen atoms in total. The van der Waals surface area contributed by atoms with Gasteiger partial charge in [0.1, 0.15) is 0 Å². The Morgan fingerprint density at radius 3 is 2.64 bits per heavy atom. The number of rotatable bonds is 1. The molecule has 2 N–H and O–H groups in total. The number of nitrogens with two attached hydrogens (primary N) is 1. The second-order valence-corrected chi connectivity index (χ2v) is 4.28. The topological polar surface area (TPSA) is 26.0 Å². The van der Waals surface area contributed by atoms with E-state index in [9.17, 15) is 0 Å². The number of hydrogen-bond acceptors (Lipinski definition) is 1. The fourth-order valence-corrected chi connectivity index (χ4v) is 2.72. The van der Waals surface area contributed by atoms with Gasteiger partial charge in [0, 0.05) is 6.04 Å². The molecule has 0 saturated heterocycles. The van der Waals surface area contributed by atoms with Crippen LogP contribution < -0.4 is 5.73 Å². The highest BCUT2D eigenvalue weighted by molar-refractivity contribution is 5.19. The minimum Gasteiger partial charge on any atom is -0.327 e. The van der Waals surface area contributed by atoms with Crippen LogP contribution in [0.4, 0.5) is 0 Å². The van der Waals surface area contributed by atoms with E-state index >= 15 is 0 Å². The molecule has 0 aromatic rings. The highest BCUT2D eigenvalue weighted by Crippen LogP contribution is 2.52. The smallest absolute Gasteiger partial charge is 0.0162 e. The molecule has 2 aliphatic rings. The van der Waals surface area contributed by atoms with Crippen molar-refractivity contribution in [2.24, 2.45) is 23.0 Å². The molecule has 2 aliphatic carbocycles. The summed E-state index contributed by atoms with van der Waals surface area (Å²) in [7, 11) is 0. The summed E-state index contributed by atoms with van der Waals surface area (Å²) in [6.07, 6.45) is 7.22. The van der Waals surface area contributed by atoms with E-state index in [1.54, 1.807) is 0 Å². The number of fused-ring (bicyclic) bond motifs is 2. The average molecular weight is 151 g/mol. The van der Waals surface area contributed by atoms with E-state index in [4.69, 9.17) is 5.73 Å². The van der Waals surface area contributed by atoms with Crippen LogP contribution in [0.2, 0.25) is 0 Å². The summed E-state index contributed by atoms with van der Waals surface area (Å²) in [5.41, 5.74) is 6.56. The molecule has 1 saturated carbocycles. The molecule has 4 atom stereocenters. The molecule has 0 unspecified atom stereocenters. The van der Waals surface area contributed by atoms with Crippen molar-refractivity contribution in [1.29, 1.82) is 0 Å². The Morgan fingerprint density at radius 2 is 2.27 bits per heavy atom. The van der Waals surface area contributed by atoms with Crippen molar-refractivity contribution in [2.75, 3.05) is 0 Å². The normalized spacial score (nSPS) is 53.9. The predicted octanol–water partition coefficient (Wildman–Crippen LogP) is 1.94. The van der Waals surface area contributed by atoms with E-state index in [-0.39, 0.29) is 0 Å². The Morgan fingerprint density at radius 1 is 1.55 bits per heavy atom. The SMILES string of the molecule is CC[C@]1(C)[C@H](N)[C@@H]2C=C[C@H]1C2. The fraction of sp³-hybridized carbons (Fsp3) is 0.800. The lowest BCUT2D eigenvalue weighted by Gasteiger charge is -2.35. The van der Waals surface area contributed by atoms with Gasteiger partial charge in [-0.1, -0.05) is 26.0 Å². The number of allylic oxidation sites excluding steroid dienone is 1. The molecule has 0 radical (unpaired) electrons. The van der Waals surface area contributed by atoms with Crippen LogP contribution in [-0.4, -0.2) is 6.04 Å². The molecule has 62 valence electrons. The maximum atomic E-state index is 6.16. The summed E-state index contributed by atoms with van der Waals surface area (Å²) >= 11 is 0. The Labute approximate surface area is 68.7 Å². The van der Waals surface area contributed by atoms with Gasteiger partial charge in [0.05, 0.1) is 0 Å². The maximum absolute atomic E-state index is 6.16. The van der Waals surface area contributed by atoms with Crippen molar-refractivity contribution in [3.8, 4) is 0 Å². The summed E-state index contributed by atoms with van der Waals surface area (Å²) in [6, 6.07) is 0.419. The third-order valence-corrected chi connectivity index (χ3v) is 3.95. The zero-order valence-corrected chi connectivity index (χ0v) is 7.38. The van der Waals surface area contributed by atoms with Gasteiger partial charge in [0.15, 0.2) is 0 Å². The molecule has 11 heavy (non-hydrogen) atoms. The molecule has 1 heteroatoms. The van der Waals surface area contributed by atoms with Crippen molar-refractivity contribution in [3.63, 3.8) is 0 Å². The minimum atomic E-state index is 0.402. The summed E-state index contributed by atoms with van der Waals surface area (Å²) in [5, 5.41) is 0.